The van der Waals surface area contributed by atoms with Crippen molar-refractivity contribution < 1.29 is 4.79 Å². The van der Waals surface area contributed by atoms with Crippen molar-refractivity contribution in [3.8, 4) is 0 Å². The van der Waals surface area contributed by atoms with Gasteiger partial charge < -0.3 is 5.32 Å². The minimum atomic E-state index is -0.0309. The number of carbonyl (C=O) groups is 1. The number of hydrogen-bond acceptors (Lipinski definition) is 2. The predicted octanol–water partition coefficient (Wildman–Crippen LogP) is 4.81. The molecular weight excluding hydrogens is 278 g/mol. The maximum absolute atomic E-state index is 11.0. The first-order chi connectivity index (χ1) is 10.2. The van der Waals surface area contributed by atoms with Crippen LogP contribution in [0.4, 0.5) is 5.69 Å². The number of aryl methyl sites for hydroxylation is 1. The molecule has 0 bridgehead atoms. The number of nitrogens with one attached hydrogen (secondary N) is 1. The lowest BCUT2D eigenvalue weighted by Crippen LogP contribution is -2.07. The fraction of sp³-hybridized carbons (Fsp3) is 0.278. The van der Waals surface area contributed by atoms with E-state index in [1.54, 1.807) is 0 Å². The Morgan fingerprint density at radius 1 is 1.14 bits per heavy atom. The molecule has 1 amide bonds. The molecule has 1 N–H and O–H groups in total. The first-order valence-corrected chi connectivity index (χ1v) is 8.22. The van der Waals surface area contributed by atoms with Crippen LogP contribution in [0, 0.1) is 0 Å². The molecule has 2 nitrogen and oxygen atoms in total. The van der Waals surface area contributed by atoms with E-state index in [0.717, 1.165) is 5.69 Å². The Balaban J connectivity index is 1.74. The summed E-state index contributed by atoms with van der Waals surface area (Å²) < 4.78 is 0. The average Bonchev–Trinajstić information content (AvgIpc) is 2.49. The molecule has 1 aliphatic rings. The van der Waals surface area contributed by atoms with E-state index in [-0.39, 0.29) is 5.91 Å². The lowest BCUT2D eigenvalue weighted by Gasteiger charge is -2.25. The minimum absolute atomic E-state index is 0.0309. The molecule has 0 aromatic heterocycles. The average molecular weight is 297 g/mol. The molecule has 0 saturated carbocycles. The van der Waals surface area contributed by atoms with E-state index in [2.05, 4.69) is 41.7 Å². The SMILES string of the molecule is CC(=O)Nc1ccc(SC2CCCc3ccccc32)cc1. The summed E-state index contributed by atoms with van der Waals surface area (Å²) in [4.78, 5) is 12.3. The number of anilines is 1. The first-order valence-electron chi connectivity index (χ1n) is 7.34. The number of fused-ring (bicyclic) bond motifs is 1. The standard InChI is InChI=1S/C18H19NOS/c1-13(20)19-15-9-11-16(12-10-15)21-18-8-4-6-14-5-2-3-7-17(14)18/h2-3,5,7,9-12,18H,4,6,8H2,1H3,(H,19,20). The van der Waals surface area contributed by atoms with Gasteiger partial charge in [-0.05, 0) is 54.7 Å². The Labute approximate surface area is 130 Å². The number of hydrogen-bond donors (Lipinski definition) is 1. The van der Waals surface area contributed by atoms with Gasteiger partial charge in [-0.1, -0.05) is 24.3 Å². The molecule has 108 valence electrons. The van der Waals surface area contributed by atoms with E-state index in [0.29, 0.717) is 5.25 Å². The van der Waals surface area contributed by atoms with Gasteiger partial charge in [-0.15, -0.1) is 11.8 Å². The van der Waals surface area contributed by atoms with Crippen molar-refractivity contribution in [1.29, 1.82) is 0 Å². The molecule has 2 aromatic carbocycles. The minimum Gasteiger partial charge on any atom is -0.326 e. The van der Waals surface area contributed by atoms with E-state index in [4.69, 9.17) is 0 Å². The molecule has 0 fully saturated rings. The molecule has 0 aliphatic heterocycles. The van der Waals surface area contributed by atoms with E-state index >= 15 is 0 Å². The summed E-state index contributed by atoms with van der Waals surface area (Å²) >= 11 is 1.92. The van der Waals surface area contributed by atoms with Crippen LogP contribution in [0.5, 0.6) is 0 Å². The third kappa shape index (κ3) is 3.48. The predicted molar refractivity (Wildman–Crippen MR) is 88.7 cm³/mol. The third-order valence-corrected chi connectivity index (χ3v) is 5.09. The zero-order valence-electron chi connectivity index (χ0n) is 12.1. The van der Waals surface area contributed by atoms with Gasteiger partial charge >= 0.3 is 0 Å². The maximum Gasteiger partial charge on any atom is 0.221 e. The van der Waals surface area contributed by atoms with Crippen LogP contribution in [0.25, 0.3) is 0 Å². The smallest absolute Gasteiger partial charge is 0.221 e. The number of benzene rings is 2. The highest BCUT2D eigenvalue weighted by molar-refractivity contribution is 7.99. The van der Waals surface area contributed by atoms with Crippen LogP contribution >= 0.6 is 11.8 Å². The lowest BCUT2D eigenvalue weighted by molar-refractivity contribution is -0.114. The molecule has 0 spiro atoms. The van der Waals surface area contributed by atoms with Crippen LogP contribution < -0.4 is 5.32 Å². The third-order valence-electron chi connectivity index (χ3n) is 3.77. The molecule has 0 saturated heterocycles. The van der Waals surface area contributed by atoms with E-state index in [1.165, 1.54) is 42.2 Å². The zero-order valence-corrected chi connectivity index (χ0v) is 13.0. The Morgan fingerprint density at radius 3 is 2.67 bits per heavy atom. The molecule has 0 radical (unpaired) electrons. The first kappa shape index (κ1) is 14.2. The number of thioether (sulfide) groups is 1. The van der Waals surface area contributed by atoms with Gasteiger partial charge in [-0.2, -0.15) is 0 Å². The number of carbonyl (C=O) groups excluding carboxylic acids is 1. The second-order valence-corrected chi connectivity index (χ2v) is 6.68. The number of rotatable bonds is 3. The summed E-state index contributed by atoms with van der Waals surface area (Å²) in [6.07, 6.45) is 3.70. The van der Waals surface area contributed by atoms with Crippen molar-refractivity contribution in [2.24, 2.45) is 0 Å². The Bertz CT molecular complexity index is 636. The van der Waals surface area contributed by atoms with Gasteiger partial charge in [0, 0.05) is 22.8 Å². The van der Waals surface area contributed by atoms with Crippen molar-refractivity contribution in [2.45, 2.75) is 36.3 Å². The zero-order chi connectivity index (χ0) is 14.7. The Hall–Kier alpha value is -1.74. The van der Waals surface area contributed by atoms with Crippen LogP contribution in [0.15, 0.2) is 53.4 Å². The van der Waals surface area contributed by atoms with E-state index < -0.39 is 0 Å². The van der Waals surface area contributed by atoms with Gasteiger partial charge in [0.05, 0.1) is 0 Å². The van der Waals surface area contributed by atoms with Crippen molar-refractivity contribution in [3.05, 3.63) is 59.7 Å². The second-order valence-electron chi connectivity index (χ2n) is 5.40. The normalized spacial score (nSPS) is 17.1. The topological polar surface area (TPSA) is 29.1 Å². The van der Waals surface area contributed by atoms with Crippen molar-refractivity contribution in [2.75, 3.05) is 5.32 Å². The molecule has 2 aromatic rings. The van der Waals surface area contributed by atoms with Crippen molar-refractivity contribution in [3.63, 3.8) is 0 Å². The molecule has 0 heterocycles. The summed E-state index contributed by atoms with van der Waals surface area (Å²) in [6.45, 7) is 1.53. The summed E-state index contributed by atoms with van der Waals surface area (Å²) in [5.41, 5.74) is 3.84. The number of amides is 1. The van der Waals surface area contributed by atoms with Crippen LogP contribution in [0.3, 0.4) is 0 Å². The fourth-order valence-corrected chi connectivity index (χ4v) is 4.08. The van der Waals surface area contributed by atoms with Crippen LogP contribution in [0.1, 0.15) is 36.1 Å². The Morgan fingerprint density at radius 2 is 1.90 bits per heavy atom. The molecule has 1 aliphatic carbocycles. The van der Waals surface area contributed by atoms with Gasteiger partial charge in [0.1, 0.15) is 0 Å². The molecule has 21 heavy (non-hydrogen) atoms. The maximum atomic E-state index is 11.0. The van der Waals surface area contributed by atoms with Crippen LogP contribution in [-0.2, 0) is 11.2 Å². The van der Waals surface area contributed by atoms with Gasteiger partial charge in [-0.3, -0.25) is 4.79 Å². The summed E-state index contributed by atoms with van der Waals surface area (Å²) in [5, 5.41) is 3.35. The Kier molecular flexibility index (Phi) is 4.30. The van der Waals surface area contributed by atoms with E-state index in [1.807, 2.05) is 23.9 Å². The highest BCUT2D eigenvalue weighted by Gasteiger charge is 2.20. The second kappa shape index (κ2) is 6.35. The highest BCUT2D eigenvalue weighted by atomic mass is 32.2. The summed E-state index contributed by atoms with van der Waals surface area (Å²) in [5.74, 6) is -0.0309. The molecular formula is C18H19NOS. The van der Waals surface area contributed by atoms with Crippen LogP contribution in [-0.4, -0.2) is 5.91 Å². The van der Waals surface area contributed by atoms with Gasteiger partial charge in [0.25, 0.3) is 0 Å². The quantitative estimate of drug-likeness (QED) is 0.880. The molecule has 1 unspecified atom stereocenters. The monoisotopic (exact) mass is 297 g/mol. The highest BCUT2D eigenvalue weighted by Crippen LogP contribution is 2.43. The van der Waals surface area contributed by atoms with E-state index in [9.17, 15) is 4.79 Å². The lowest BCUT2D eigenvalue weighted by atomic mass is 9.91. The largest absolute Gasteiger partial charge is 0.326 e. The molecule has 1 atom stereocenters. The van der Waals surface area contributed by atoms with Crippen LogP contribution in [0.2, 0.25) is 0 Å². The molecule has 3 heteroatoms. The molecule has 3 rings (SSSR count). The van der Waals surface area contributed by atoms with Crippen molar-refractivity contribution >= 4 is 23.4 Å². The summed E-state index contributed by atoms with van der Waals surface area (Å²) in [7, 11) is 0. The van der Waals surface area contributed by atoms with Gasteiger partial charge in [0.2, 0.25) is 5.91 Å². The summed E-state index contributed by atoms with van der Waals surface area (Å²) in [6, 6.07) is 16.9. The fourth-order valence-electron chi connectivity index (χ4n) is 2.82. The van der Waals surface area contributed by atoms with Crippen molar-refractivity contribution in [1.82, 2.24) is 0 Å². The van der Waals surface area contributed by atoms with Gasteiger partial charge in [0.15, 0.2) is 0 Å². The van der Waals surface area contributed by atoms with Gasteiger partial charge in [-0.25, -0.2) is 0 Å².